The molecule has 3 heteroatoms. The topological polar surface area (TPSA) is 21.3 Å². The van der Waals surface area contributed by atoms with Crippen molar-refractivity contribution in [2.24, 2.45) is 0 Å². The maximum Gasteiger partial charge on any atom is 0.162 e. The third-order valence-electron chi connectivity index (χ3n) is 4.24. The largest absolute Gasteiger partial charge is 0.480 e. The molecule has 0 aromatic heterocycles. The molecule has 2 atom stereocenters. The van der Waals surface area contributed by atoms with Crippen LogP contribution in [-0.2, 0) is 6.42 Å². The third kappa shape index (κ3) is 1.87. The van der Waals surface area contributed by atoms with Crippen LogP contribution in [0.3, 0.4) is 0 Å². The lowest BCUT2D eigenvalue weighted by atomic mass is 9.97. The van der Waals surface area contributed by atoms with Crippen LogP contribution in [0.4, 0.5) is 5.69 Å². The Hall–Kier alpha value is -1.67. The van der Waals surface area contributed by atoms with Gasteiger partial charge in [-0.2, -0.15) is 0 Å². The fraction of sp³-hybridized carbons (Fsp3) is 0.294. The van der Waals surface area contributed by atoms with Crippen LogP contribution >= 0.6 is 11.6 Å². The van der Waals surface area contributed by atoms with Crippen LogP contribution in [0, 0.1) is 0 Å². The van der Waals surface area contributed by atoms with Gasteiger partial charge in [-0.25, -0.2) is 0 Å². The summed E-state index contributed by atoms with van der Waals surface area (Å²) in [6.45, 7) is 0. The minimum atomic E-state index is 0.0566. The lowest BCUT2D eigenvalue weighted by Gasteiger charge is -2.35. The summed E-state index contributed by atoms with van der Waals surface area (Å²) >= 11 is 6.28. The van der Waals surface area contributed by atoms with E-state index in [1.54, 1.807) is 0 Å². The average molecular weight is 286 g/mol. The first kappa shape index (κ1) is 12.1. The van der Waals surface area contributed by atoms with Gasteiger partial charge in [0.05, 0.1) is 16.8 Å². The van der Waals surface area contributed by atoms with E-state index in [-0.39, 0.29) is 6.10 Å². The van der Waals surface area contributed by atoms with Gasteiger partial charge in [-0.3, -0.25) is 0 Å². The van der Waals surface area contributed by atoms with Gasteiger partial charge in [0.1, 0.15) is 6.10 Å². The second-order valence-electron chi connectivity index (χ2n) is 5.50. The van der Waals surface area contributed by atoms with Gasteiger partial charge < -0.3 is 10.1 Å². The number of anilines is 1. The van der Waals surface area contributed by atoms with Gasteiger partial charge in [0.25, 0.3) is 0 Å². The van der Waals surface area contributed by atoms with Crippen LogP contribution in [0.1, 0.15) is 30.1 Å². The first-order valence-corrected chi connectivity index (χ1v) is 7.50. The summed E-state index contributed by atoms with van der Waals surface area (Å²) in [5.74, 6) is 0.784. The molecule has 2 aromatic carbocycles. The van der Waals surface area contributed by atoms with Gasteiger partial charge >= 0.3 is 0 Å². The highest BCUT2D eigenvalue weighted by molar-refractivity contribution is 6.32. The summed E-state index contributed by atoms with van der Waals surface area (Å²) in [6.07, 6.45) is 3.48. The average Bonchev–Trinajstić information content (AvgIpc) is 2.65. The van der Waals surface area contributed by atoms with Crippen molar-refractivity contribution in [3.8, 4) is 5.75 Å². The molecule has 0 radical (unpaired) electrons. The number of fused-ring (bicyclic) bond motifs is 4. The van der Waals surface area contributed by atoms with Crippen LogP contribution in [0.25, 0.3) is 0 Å². The van der Waals surface area contributed by atoms with Crippen molar-refractivity contribution in [1.82, 2.24) is 0 Å². The van der Waals surface area contributed by atoms with Crippen LogP contribution < -0.4 is 10.1 Å². The van der Waals surface area contributed by atoms with Crippen LogP contribution in [0.2, 0.25) is 5.02 Å². The Balaban J connectivity index is 1.81. The molecule has 2 nitrogen and oxygen atoms in total. The molecule has 2 aromatic rings. The zero-order chi connectivity index (χ0) is 13.5. The smallest absolute Gasteiger partial charge is 0.162 e. The van der Waals surface area contributed by atoms with Gasteiger partial charge in [0.15, 0.2) is 5.75 Å². The molecule has 1 aliphatic carbocycles. The van der Waals surface area contributed by atoms with Crippen LogP contribution in [-0.4, -0.2) is 6.04 Å². The minimum Gasteiger partial charge on any atom is -0.480 e. The molecule has 1 N–H and O–H groups in total. The van der Waals surface area contributed by atoms with E-state index < -0.39 is 0 Å². The van der Waals surface area contributed by atoms with Crippen molar-refractivity contribution < 1.29 is 4.74 Å². The maximum absolute atomic E-state index is 6.28. The third-order valence-corrected chi connectivity index (χ3v) is 4.54. The minimum absolute atomic E-state index is 0.0566. The fourth-order valence-corrected chi connectivity index (χ4v) is 3.50. The molecule has 0 saturated carbocycles. The Bertz CT molecular complexity index is 655. The molecule has 0 fully saturated rings. The maximum atomic E-state index is 6.28. The van der Waals surface area contributed by atoms with Crippen LogP contribution in [0.15, 0.2) is 42.5 Å². The number of rotatable bonds is 0. The van der Waals surface area contributed by atoms with Crippen molar-refractivity contribution in [3.05, 3.63) is 58.6 Å². The normalized spacial score (nSPS) is 23.4. The molecule has 20 heavy (non-hydrogen) atoms. The summed E-state index contributed by atoms with van der Waals surface area (Å²) < 4.78 is 6.28. The molecule has 0 amide bonds. The van der Waals surface area contributed by atoms with Gasteiger partial charge in [0.2, 0.25) is 0 Å². The number of benzene rings is 2. The molecule has 1 heterocycles. The second-order valence-corrected chi connectivity index (χ2v) is 5.90. The lowest BCUT2D eigenvalue weighted by Crippen LogP contribution is -2.34. The van der Waals surface area contributed by atoms with Gasteiger partial charge in [-0.1, -0.05) is 41.9 Å². The number of aryl methyl sites for hydroxylation is 1. The van der Waals surface area contributed by atoms with E-state index in [0.717, 1.165) is 24.3 Å². The van der Waals surface area contributed by atoms with E-state index >= 15 is 0 Å². The van der Waals surface area contributed by atoms with E-state index in [1.807, 2.05) is 18.2 Å². The van der Waals surface area contributed by atoms with E-state index in [4.69, 9.17) is 16.3 Å². The molecule has 4 rings (SSSR count). The zero-order valence-corrected chi connectivity index (χ0v) is 11.9. The molecule has 2 unspecified atom stereocenters. The summed E-state index contributed by atoms with van der Waals surface area (Å²) in [4.78, 5) is 0. The van der Waals surface area contributed by atoms with Crippen molar-refractivity contribution in [1.29, 1.82) is 0 Å². The number of halogens is 1. The first-order valence-electron chi connectivity index (χ1n) is 7.12. The van der Waals surface area contributed by atoms with E-state index in [9.17, 15) is 0 Å². The Labute approximate surface area is 123 Å². The predicted octanol–water partition coefficient (Wildman–Crippen LogP) is 4.59. The predicted molar refractivity (Wildman–Crippen MR) is 81.6 cm³/mol. The second kappa shape index (κ2) is 4.71. The summed E-state index contributed by atoms with van der Waals surface area (Å²) in [5.41, 5.74) is 3.71. The number of nitrogens with one attached hydrogen (secondary N) is 1. The highest BCUT2D eigenvalue weighted by Gasteiger charge is 2.34. The summed E-state index contributed by atoms with van der Waals surface area (Å²) in [5, 5.41) is 4.29. The van der Waals surface area contributed by atoms with E-state index in [2.05, 4.69) is 29.6 Å². The first-order chi connectivity index (χ1) is 9.83. The SMILES string of the molecule is Clc1cccc2c1OC1c3ccccc3CCCC1N2. The van der Waals surface area contributed by atoms with Crippen LogP contribution in [0.5, 0.6) is 5.75 Å². The molecule has 1 aliphatic heterocycles. The monoisotopic (exact) mass is 285 g/mol. The Kier molecular flexibility index (Phi) is 2.85. The molecule has 102 valence electrons. The molecule has 0 bridgehead atoms. The van der Waals surface area contributed by atoms with E-state index in [0.29, 0.717) is 11.1 Å². The Morgan fingerprint density at radius 3 is 2.95 bits per heavy atom. The fourth-order valence-electron chi connectivity index (χ4n) is 3.28. The number of hydrogen-bond acceptors (Lipinski definition) is 2. The molecule has 2 aliphatic rings. The van der Waals surface area contributed by atoms with Crippen molar-refractivity contribution in [2.45, 2.75) is 31.4 Å². The number of ether oxygens (including phenoxy) is 1. The molecule has 0 saturated heterocycles. The van der Waals surface area contributed by atoms with Crippen molar-refractivity contribution in [3.63, 3.8) is 0 Å². The lowest BCUT2D eigenvalue weighted by molar-refractivity contribution is 0.168. The quantitative estimate of drug-likeness (QED) is 0.764. The summed E-state index contributed by atoms with van der Waals surface area (Å²) in [7, 11) is 0. The Morgan fingerprint density at radius 2 is 2.00 bits per heavy atom. The molecular weight excluding hydrogens is 270 g/mol. The van der Waals surface area contributed by atoms with Gasteiger partial charge in [-0.05, 0) is 42.5 Å². The highest BCUT2D eigenvalue weighted by atomic mass is 35.5. The summed E-state index contributed by atoms with van der Waals surface area (Å²) in [6, 6.07) is 14.8. The van der Waals surface area contributed by atoms with Crippen molar-refractivity contribution >= 4 is 17.3 Å². The molecule has 0 spiro atoms. The zero-order valence-electron chi connectivity index (χ0n) is 11.1. The van der Waals surface area contributed by atoms with E-state index in [1.165, 1.54) is 17.5 Å². The standard InChI is InChI=1S/C17H16ClNO/c18-13-8-4-10-15-17(13)20-16-12-7-2-1-5-11(12)6-3-9-14(16)19-15/h1-2,4-5,7-8,10,14,16,19H,3,6,9H2. The number of hydrogen-bond donors (Lipinski definition) is 1. The van der Waals surface area contributed by atoms with Gasteiger partial charge in [0, 0.05) is 0 Å². The van der Waals surface area contributed by atoms with Crippen molar-refractivity contribution in [2.75, 3.05) is 5.32 Å². The Morgan fingerprint density at radius 1 is 1.10 bits per heavy atom. The highest BCUT2D eigenvalue weighted by Crippen LogP contribution is 2.44. The van der Waals surface area contributed by atoms with Gasteiger partial charge in [-0.15, -0.1) is 0 Å². The molecular formula is C17H16ClNO. The number of para-hydroxylation sites is 1.